The summed E-state index contributed by atoms with van der Waals surface area (Å²) in [7, 11) is -3.44. The van der Waals surface area contributed by atoms with E-state index in [2.05, 4.69) is 0 Å². The molecule has 0 atom stereocenters. The first-order chi connectivity index (χ1) is 6.43. The van der Waals surface area contributed by atoms with E-state index >= 15 is 0 Å². The number of hydrogen-bond acceptors (Lipinski definition) is 3. The van der Waals surface area contributed by atoms with Crippen LogP contribution >= 0.6 is 0 Å². The van der Waals surface area contributed by atoms with Gasteiger partial charge in [-0.25, -0.2) is 8.42 Å². The molecular weight excluding hydrogens is 202 g/mol. The summed E-state index contributed by atoms with van der Waals surface area (Å²) in [4.78, 5) is 0. The molecule has 0 amide bonds. The van der Waals surface area contributed by atoms with E-state index in [1.165, 1.54) is 18.3 Å². The zero-order chi connectivity index (χ0) is 10.8. The van der Waals surface area contributed by atoms with Crippen molar-refractivity contribution in [3.05, 3.63) is 29.6 Å². The molecule has 0 bridgehead atoms. The Bertz CT molecular complexity index is 412. The quantitative estimate of drug-likeness (QED) is 0.552. The first-order valence-corrected chi connectivity index (χ1v) is 5.99. The summed E-state index contributed by atoms with van der Waals surface area (Å²) >= 11 is 0. The van der Waals surface area contributed by atoms with Crippen molar-refractivity contribution in [2.45, 2.75) is 18.9 Å². The summed E-state index contributed by atoms with van der Waals surface area (Å²) in [5.74, 6) is 0.0133. The molecule has 0 radical (unpaired) electrons. The molecule has 1 rings (SSSR count). The Balaban J connectivity index is 3.11. The lowest BCUT2D eigenvalue weighted by molar-refractivity contribution is -0.646. The van der Waals surface area contributed by atoms with Crippen molar-refractivity contribution in [2.24, 2.45) is 5.92 Å². The van der Waals surface area contributed by atoms with Crippen LogP contribution in [0.25, 0.3) is 0 Å². The molecule has 1 aromatic rings. The molecule has 1 heterocycles. The van der Waals surface area contributed by atoms with E-state index in [1.54, 1.807) is 19.9 Å². The molecule has 0 aliphatic carbocycles. The highest BCUT2D eigenvalue weighted by Crippen LogP contribution is 2.09. The Morgan fingerprint density at radius 3 is 2.57 bits per heavy atom. The highest BCUT2D eigenvalue weighted by atomic mass is 32.2. The summed E-state index contributed by atoms with van der Waals surface area (Å²) in [6, 6.07) is 4.37. The molecule has 0 saturated carbocycles. The van der Waals surface area contributed by atoms with Crippen molar-refractivity contribution in [3.8, 4) is 0 Å². The van der Waals surface area contributed by atoms with Crippen LogP contribution in [0.2, 0.25) is 0 Å². The van der Waals surface area contributed by atoms with Crippen molar-refractivity contribution in [1.82, 2.24) is 0 Å². The minimum atomic E-state index is -3.44. The normalized spacial score (nSPS) is 11.9. The molecule has 0 spiro atoms. The summed E-state index contributed by atoms with van der Waals surface area (Å²) in [5.41, 5.74) is 0. The van der Waals surface area contributed by atoms with Gasteiger partial charge >= 0.3 is 5.03 Å². The van der Waals surface area contributed by atoms with Gasteiger partial charge in [0, 0.05) is 12.1 Å². The number of pyridine rings is 1. The van der Waals surface area contributed by atoms with Gasteiger partial charge in [0.05, 0.1) is 5.75 Å². The number of hydrogen-bond donors (Lipinski definition) is 0. The van der Waals surface area contributed by atoms with Crippen LogP contribution in [-0.4, -0.2) is 14.2 Å². The van der Waals surface area contributed by atoms with Crippen LogP contribution in [0.3, 0.4) is 0 Å². The average Bonchev–Trinajstić information content (AvgIpc) is 2.02. The highest BCUT2D eigenvalue weighted by Gasteiger charge is 2.23. The first-order valence-electron chi connectivity index (χ1n) is 4.34. The van der Waals surface area contributed by atoms with Crippen LogP contribution < -0.4 is 4.73 Å². The predicted molar refractivity (Wildman–Crippen MR) is 52.3 cm³/mol. The standard InChI is InChI=1S/C9H13NO3S/c1-8(2)7-14(12,13)9-5-3-4-6-10(9)11/h3-6,8H,7H2,1-2H3. The van der Waals surface area contributed by atoms with Crippen LogP contribution in [0.1, 0.15) is 13.8 Å². The van der Waals surface area contributed by atoms with Crippen LogP contribution in [0, 0.1) is 11.1 Å². The molecule has 14 heavy (non-hydrogen) atoms. The molecule has 78 valence electrons. The molecule has 0 aliphatic heterocycles. The van der Waals surface area contributed by atoms with Crippen molar-refractivity contribution in [2.75, 3.05) is 5.75 Å². The van der Waals surface area contributed by atoms with Gasteiger partial charge in [-0.05, 0) is 12.0 Å². The summed E-state index contributed by atoms with van der Waals surface area (Å²) in [5, 5.41) is 11.0. The fraction of sp³-hybridized carbons (Fsp3) is 0.444. The third-order valence-electron chi connectivity index (χ3n) is 1.66. The number of rotatable bonds is 3. The van der Waals surface area contributed by atoms with E-state index in [9.17, 15) is 13.6 Å². The molecule has 4 nitrogen and oxygen atoms in total. The van der Waals surface area contributed by atoms with Crippen LogP contribution in [-0.2, 0) is 9.84 Å². The lowest BCUT2D eigenvalue weighted by Crippen LogP contribution is -2.34. The summed E-state index contributed by atoms with van der Waals surface area (Å²) in [6.45, 7) is 3.60. The van der Waals surface area contributed by atoms with Crippen molar-refractivity contribution in [3.63, 3.8) is 0 Å². The molecule has 0 saturated heterocycles. The molecule has 0 aromatic carbocycles. The first kappa shape index (κ1) is 11.0. The number of sulfone groups is 1. The minimum Gasteiger partial charge on any atom is -0.618 e. The molecule has 0 unspecified atom stereocenters. The van der Waals surface area contributed by atoms with E-state index in [-0.39, 0.29) is 16.7 Å². The Hall–Kier alpha value is -1.10. The smallest absolute Gasteiger partial charge is 0.308 e. The molecule has 0 aliphatic rings. The average molecular weight is 215 g/mol. The van der Waals surface area contributed by atoms with Crippen molar-refractivity contribution < 1.29 is 13.1 Å². The zero-order valence-corrected chi connectivity index (χ0v) is 8.99. The predicted octanol–water partition coefficient (Wildman–Crippen LogP) is 0.750. The fourth-order valence-electron chi connectivity index (χ4n) is 1.18. The van der Waals surface area contributed by atoms with Gasteiger partial charge in [0.1, 0.15) is 0 Å². The second-order valence-corrected chi connectivity index (χ2v) is 5.52. The minimum absolute atomic E-state index is 0.000741. The van der Waals surface area contributed by atoms with E-state index in [1.807, 2.05) is 0 Å². The van der Waals surface area contributed by atoms with E-state index < -0.39 is 9.84 Å². The van der Waals surface area contributed by atoms with Gasteiger partial charge < -0.3 is 5.21 Å². The maximum absolute atomic E-state index is 11.6. The van der Waals surface area contributed by atoms with Crippen molar-refractivity contribution in [1.29, 1.82) is 0 Å². The third-order valence-corrected chi connectivity index (χ3v) is 3.72. The van der Waals surface area contributed by atoms with Gasteiger partial charge in [0.25, 0.3) is 0 Å². The zero-order valence-electron chi connectivity index (χ0n) is 8.17. The van der Waals surface area contributed by atoms with Gasteiger partial charge in [-0.1, -0.05) is 13.8 Å². The van der Waals surface area contributed by atoms with E-state index in [0.29, 0.717) is 4.73 Å². The Kier molecular flexibility index (Phi) is 3.10. The second kappa shape index (κ2) is 3.96. The van der Waals surface area contributed by atoms with Gasteiger partial charge in [0.2, 0.25) is 9.84 Å². The lowest BCUT2D eigenvalue weighted by Gasteiger charge is -2.06. The fourth-order valence-corrected chi connectivity index (χ4v) is 2.85. The number of nitrogens with zero attached hydrogens (tertiary/aromatic N) is 1. The van der Waals surface area contributed by atoms with Gasteiger partial charge in [-0.2, -0.15) is 4.73 Å². The largest absolute Gasteiger partial charge is 0.618 e. The topological polar surface area (TPSA) is 61.1 Å². The van der Waals surface area contributed by atoms with Crippen molar-refractivity contribution >= 4 is 9.84 Å². The number of aromatic nitrogens is 1. The van der Waals surface area contributed by atoms with E-state index in [0.717, 1.165) is 0 Å². The molecule has 1 aromatic heterocycles. The maximum Gasteiger partial charge on any atom is 0.308 e. The van der Waals surface area contributed by atoms with Gasteiger partial charge in [-0.3, -0.25) is 0 Å². The second-order valence-electron chi connectivity index (χ2n) is 3.54. The Labute approximate surface area is 83.7 Å². The third kappa shape index (κ3) is 2.45. The van der Waals surface area contributed by atoms with Gasteiger partial charge in [0.15, 0.2) is 6.20 Å². The van der Waals surface area contributed by atoms with E-state index in [4.69, 9.17) is 0 Å². The molecule has 0 fully saturated rings. The molecule has 5 heteroatoms. The molecular formula is C9H13NO3S. The maximum atomic E-state index is 11.6. The van der Waals surface area contributed by atoms with Crippen LogP contribution in [0.5, 0.6) is 0 Å². The SMILES string of the molecule is CC(C)CS(=O)(=O)c1cccc[n+]1[O-]. The lowest BCUT2D eigenvalue weighted by atomic mass is 10.3. The van der Waals surface area contributed by atoms with Gasteiger partial charge in [-0.15, -0.1) is 0 Å². The molecule has 0 N–H and O–H groups in total. The van der Waals surface area contributed by atoms with Crippen LogP contribution in [0.15, 0.2) is 29.4 Å². The summed E-state index contributed by atoms with van der Waals surface area (Å²) < 4.78 is 23.7. The Morgan fingerprint density at radius 1 is 1.43 bits per heavy atom. The highest BCUT2D eigenvalue weighted by molar-refractivity contribution is 7.91. The summed E-state index contributed by atoms with van der Waals surface area (Å²) in [6.07, 6.45) is 1.19. The Morgan fingerprint density at radius 2 is 2.07 bits per heavy atom. The van der Waals surface area contributed by atoms with Crippen LogP contribution in [0.4, 0.5) is 0 Å². The monoisotopic (exact) mass is 215 g/mol.